The Balaban J connectivity index is 3.03. The fraction of sp³-hybridized carbons (Fsp3) is 0.300. The maximum Gasteiger partial charge on any atom is 0.426 e. The van der Waals surface area contributed by atoms with Gasteiger partial charge in [-0.05, 0) is 18.2 Å². The molecule has 0 radical (unpaired) electrons. The van der Waals surface area contributed by atoms with Crippen LogP contribution < -0.4 is 5.73 Å². The number of carbonyl (C=O) groups is 1. The topological polar surface area (TPSA) is 107 Å². The summed E-state index contributed by atoms with van der Waals surface area (Å²) >= 11 is 3.00. The fourth-order valence-electron chi connectivity index (χ4n) is 1.28. The quantitative estimate of drug-likeness (QED) is 0.461. The average molecular weight is 392 g/mol. The molecular formula is C10H9BrF3NO5S. The number of carbonyl (C=O) groups excluding carboxylic acids is 1. The molecule has 0 saturated heterocycles. The second-order valence-electron chi connectivity index (χ2n) is 3.92. The number of ether oxygens (including phenoxy) is 1. The zero-order valence-electron chi connectivity index (χ0n) is 10.1. The van der Waals surface area contributed by atoms with E-state index >= 15 is 0 Å². The molecule has 21 heavy (non-hydrogen) atoms. The number of halogens is 4. The van der Waals surface area contributed by atoms with E-state index in [0.717, 1.165) is 6.07 Å². The molecule has 0 spiro atoms. The van der Waals surface area contributed by atoms with Crippen LogP contribution in [0.5, 0.6) is 0 Å². The highest BCUT2D eigenvalue weighted by molar-refractivity contribution is 9.10. The summed E-state index contributed by atoms with van der Waals surface area (Å²) < 4.78 is 71.9. The summed E-state index contributed by atoms with van der Waals surface area (Å²) in [6, 6.07) is 3.83. The Morgan fingerprint density at radius 3 is 2.48 bits per heavy atom. The van der Waals surface area contributed by atoms with Crippen LogP contribution >= 0.6 is 15.9 Å². The van der Waals surface area contributed by atoms with Gasteiger partial charge in [0.05, 0.1) is 5.56 Å². The van der Waals surface area contributed by atoms with Gasteiger partial charge in [-0.3, -0.25) is 4.55 Å². The lowest BCUT2D eigenvalue weighted by atomic mass is 10.2. The number of nitrogens with two attached hydrogens (primary N) is 1. The Labute approximate surface area is 125 Å². The smallest absolute Gasteiger partial charge is 0.426 e. The minimum Gasteiger partial charge on any atom is -0.448 e. The van der Waals surface area contributed by atoms with Crippen molar-refractivity contribution in [3.05, 3.63) is 28.2 Å². The normalized spacial score (nSPS) is 13.8. The molecule has 0 fully saturated rings. The summed E-state index contributed by atoms with van der Waals surface area (Å²) in [5, 5.41) is 0. The van der Waals surface area contributed by atoms with Gasteiger partial charge in [0, 0.05) is 10.2 Å². The molecular weight excluding hydrogens is 383 g/mol. The van der Waals surface area contributed by atoms with Gasteiger partial charge in [0.1, 0.15) is 5.75 Å². The predicted octanol–water partition coefficient (Wildman–Crippen LogP) is 2.01. The van der Waals surface area contributed by atoms with Gasteiger partial charge in [0.25, 0.3) is 10.1 Å². The van der Waals surface area contributed by atoms with E-state index in [2.05, 4.69) is 20.7 Å². The van der Waals surface area contributed by atoms with E-state index in [0.29, 0.717) is 4.47 Å². The van der Waals surface area contributed by atoms with Crippen LogP contribution in [0.3, 0.4) is 0 Å². The molecule has 0 heterocycles. The zero-order chi connectivity index (χ0) is 16.4. The van der Waals surface area contributed by atoms with Crippen molar-refractivity contribution in [1.82, 2.24) is 0 Å². The molecule has 0 aliphatic carbocycles. The highest BCUT2D eigenvalue weighted by Gasteiger charge is 2.45. The van der Waals surface area contributed by atoms with Gasteiger partial charge in [0.15, 0.2) is 0 Å². The first kappa shape index (κ1) is 17.7. The van der Waals surface area contributed by atoms with Crippen LogP contribution in [-0.2, 0) is 14.9 Å². The largest absolute Gasteiger partial charge is 0.448 e. The van der Waals surface area contributed by atoms with Gasteiger partial charge >= 0.3 is 12.1 Å². The Kier molecular flexibility index (Phi) is 5.23. The summed E-state index contributed by atoms with van der Waals surface area (Å²) in [7, 11) is -4.99. The van der Waals surface area contributed by atoms with Crippen molar-refractivity contribution in [1.29, 1.82) is 0 Å². The molecule has 1 atom stereocenters. The minimum atomic E-state index is -5.16. The molecule has 0 bridgehead atoms. The van der Waals surface area contributed by atoms with Gasteiger partial charge in [-0.2, -0.15) is 21.6 Å². The van der Waals surface area contributed by atoms with E-state index in [1.165, 1.54) is 12.1 Å². The third kappa shape index (κ3) is 5.52. The van der Waals surface area contributed by atoms with Crippen LogP contribution in [0, 0.1) is 0 Å². The maximum atomic E-state index is 12.6. The van der Waals surface area contributed by atoms with Crippen molar-refractivity contribution in [2.24, 2.45) is 0 Å². The van der Waals surface area contributed by atoms with E-state index in [1.54, 1.807) is 0 Å². The SMILES string of the molecule is Nc1ccc(Br)cc1C(=O)OC(CS(=O)(=O)O)C(F)(F)F. The number of hydrogen-bond donors (Lipinski definition) is 2. The molecule has 1 aromatic carbocycles. The molecule has 0 saturated carbocycles. The number of hydrogen-bond acceptors (Lipinski definition) is 5. The predicted molar refractivity (Wildman–Crippen MR) is 70.2 cm³/mol. The summed E-state index contributed by atoms with van der Waals surface area (Å²) in [5.74, 6) is -3.25. The van der Waals surface area contributed by atoms with Crippen molar-refractivity contribution >= 4 is 37.7 Å². The first-order valence-electron chi connectivity index (χ1n) is 5.18. The molecule has 11 heteroatoms. The molecule has 1 rings (SSSR count). The van der Waals surface area contributed by atoms with Crippen molar-refractivity contribution in [2.75, 3.05) is 11.5 Å². The summed E-state index contributed by atoms with van der Waals surface area (Å²) in [6.07, 6.45) is -8.16. The van der Waals surface area contributed by atoms with Gasteiger partial charge in [-0.1, -0.05) is 15.9 Å². The van der Waals surface area contributed by atoms with Crippen molar-refractivity contribution in [2.45, 2.75) is 12.3 Å². The number of esters is 1. The Hall–Kier alpha value is -1.33. The monoisotopic (exact) mass is 391 g/mol. The molecule has 0 aliphatic heterocycles. The van der Waals surface area contributed by atoms with Crippen LogP contribution in [0.2, 0.25) is 0 Å². The van der Waals surface area contributed by atoms with Crippen LogP contribution in [0.25, 0.3) is 0 Å². The molecule has 0 aliphatic rings. The van der Waals surface area contributed by atoms with Crippen molar-refractivity contribution < 1.29 is 35.7 Å². The molecule has 0 amide bonds. The molecule has 3 N–H and O–H groups in total. The molecule has 1 aromatic rings. The lowest BCUT2D eigenvalue weighted by Gasteiger charge is -2.19. The lowest BCUT2D eigenvalue weighted by Crippen LogP contribution is -2.39. The number of alkyl halides is 3. The van der Waals surface area contributed by atoms with E-state index in [9.17, 15) is 26.4 Å². The number of nitrogen functional groups attached to an aromatic ring is 1. The van der Waals surface area contributed by atoms with Crippen molar-refractivity contribution in [3.63, 3.8) is 0 Å². The Morgan fingerprint density at radius 1 is 1.43 bits per heavy atom. The van der Waals surface area contributed by atoms with Gasteiger partial charge in [0.2, 0.25) is 6.10 Å². The van der Waals surface area contributed by atoms with Gasteiger partial charge in [-0.25, -0.2) is 4.79 Å². The van der Waals surface area contributed by atoms with Crippen LogP contribution in [0.1, 0.15) is 10.4 Å². The van der Waals surface area contributed by atoms with E-state index in [-0.39, 0.29) is 11.3 Å². The van der Waals surface area contributed by atoms with E-state index in [4.69, 9.17) is 10.3 Å². The zero-order valence-corrected chi connectivity index (χ0v) is 12.5. The Bertz CT molecular complexity index is 647. The molecule has 6 nitrogen and oxygen atoms in total. The third-order valence-electron chi connectivity index (χ3n) is 2.21. The van der Waals surface area contributed by atoms with Crippen LogP contribution in [0.15, 0.2) is 22.7 Å². The second kappa shape index (κ2) is 6.20. The highest BCUT2D eigenvalue weighted by atomic mass is 79.9. The van der Waals surface area contributed by atoms with E-state index < -0.39 is 34.1 Å². The third-order valence-corrected chi connectivity index (χ3v) is 3.43. The Morgan fingerprint density at radius 2 is 2.00 bits per heavy atom. The number of anilines is 1. The second-order valence-corrected chi connectivity index (χ2v) is 6.33. The number of benzene rings is 1. The summed E-state index contributed by atoms with van der Waals surface area (Å²) in [4.78, 5) is 11.7. The maximum absolute atomic E-state index is 12.6. The summed E-state index contributed by atoms with van der Waals surface area (Å²) in [5.41, 5.74) is 4.92. The van der Waals surface area contributed by atoms with Gasteiger partial charge in [-0.15, -0.1) is 0 Å². The lowest BCUT2D eigenvalue weighted by molar-refractivity contribution is -0.197. The standard InChI is InChI=1S/C10H9BrF3NO5S/c11-5-1-2-7(15)6(3-5)9(16)20-8(10(12,13)14)4-21(17,18)19/h1-3,8H,4,15H2,(H,17,18,19). The average Bonchev–Trinajstić information content (AvgIpc) is 2.28. The van der Waals surface area contributed by atoms with Gasteiger partial charge < -0.3 is 10.5 Å². The summed E-state index contributed by atoms with van der Waals surface area (Å²) in [6.45, 7) is 0. The molecule has 1 unspecified atom stereocenters. The van der Waals surface area contributed by atoms with Crippen molar-refractivity contribution in [3.8, 4) is 0 Å². The molecule has 118 valence electrons. The van der Waals surface area contributed by atoms with Crippen LogP contribution in [-0.4, -0.2) is 37.0 Å². The van der Waals surface area contributed by atoms with Crippen LogP contribution in [0.4, 0.5) is 18.9 Å². The highest BCUT2D eigenvalue weighted by Crippen LogP contribution is 2.26. The number of rotatable bonds is 4. The first-order chi connectivity index (χ1) is 9.40. The fourth-order valence-corrected chi connectivity index (χ4v) is 2.29. The minimum absolute atomic E-state index is 0.143. The molecule has 0 aromatic heterocycles. The van der Waals surface area contributed by atoms with E-state index in [1.807, 2.05) is 0 Å². The first-order valence-corrected chi connectivity index (χ1v) is 7.58.